The van der Waals surface area contributed by atoms with Gasteiger partial charge in [0.2, 0.25) is 0 Å². The van der Waals surface area contributed by atoms with Gasteiger partial charge in [0.05, 0.1) is 0 Å². The maximum atomic E-state index is 11.1. The molecule has 0 fully saturated rings. The highest BCUT2D eigenvalue weighted by molar-refractivity contribution is 7.17. The molecule has 2 aromatic carbocycles. The molecular formula is C15H9ClOS. The van der Waals surface area contributed by atoms with E-state index in [0.29, 0.717) is 10.6 Å². The first-order valence-electron chi connectivity index (χ1n) is 5.51. The van der Waals surface area contributed by atoms with E-state index >= 15 is 0 Å². The van der Waals surface area contributed by atoms with E-state index in [2.05, 4.69) is 17.5 Å². The molecule has 0 bridgehead atoms. The van der Waals surface area contributed by atoms with E-state index in [9.17, 15) is 4.79 Å². The highest BCUT2D eigenvalue weighted by atomic mass is 35.5. The molecular weight excluding hydrogens is 264 g/mol. The Hall–Kier alpha value is -1.64. The Bertz CT molecular complexity index is 730. The second-order valence-electron chi connectivity index (χ2n) is 3.99. The molecule has 1 heterocycles. The fraction of sp³-hybridized carbons (Fsp3) is 0. The third-order valence-electron chi connectivity index (χ3n) is 2.91. The fourth-order valence-electron chi connectivity index (χ4n) is 2.07. The molecule has 3 aromatic rings. The normalized spacial score (nSPS) is 10.7. The molecule has 0 amide bonds. The Balaban J connectivity index is 2.35. The summed E-state index contributed by atoms with van der Waals surface area (Å²) in [5.41, 5.74) is 2.62. The van der Waals surface area contributed by atoms with Crippen molar-refractivity contribution >= 4 is 39.3 Å². The Morgan fingerprint density at radius 2 is 1.94 bits per heavy atom. The molecule has 88 valence electrons. The van der Waals surface area contributed by atoms with E-state index in [-0.39, 0.29) is 0 Å². The highest BCUT2D eigenvalue weighted by Crippen LogP contribution is 2.35. The number of hydrogen-bond donors (Lipinski definition) is 0. The van der Waals surface area contributed by atoms with Crippen LogP contribution in [0.3, 0.4) is 0 Å². The van der Waals surface area contributed by atoms with Gasteiger partial charge in [-0.3, -0.25) is 4.79 Å². The fourth-order valence-corrected chi connectivity index (χ4v) is 3.17. The molecule has 0 N–H and O–H groups in total. The number of benzene rings is 2. The molecule has 1 aromatic heterocycles. The maximum Gasteiger partial charge on any atom is 0.150 e. The lowest BCUT2D eigenvalue weighted by atomic mass is 9.99. The summed E-state index contributed by atoms with van der Waals surface area (Å²) in [5, 5.41) is 3.89. The van der Waals surface area contributed by atoms with E-state index in [1.807, 2.05) is 18.2 Å². The first kappa shape index (κ1) is 11.5. The molecule has 3 heteroatoms. The molecule has 0 aliphatic heterocycles. The van der Waals surface area contributed by atoms with E-state index in [0.717, 1.165) is 17.4 Å². The van der Waals surface area contributed by atoms with Crippen molar-refractivity contribution in [3.8, 4) is 11.1 Å². The minimum atomic E-state index is 0.643. The van der Waals surface area contributed by atoms with E-state index < -0.39 is 0 Å². The van der Waals surface area contributed by atoms with Crippen molar-refractivity contribution in [3.05, 3.63) is 58.4 Å². The number of carbonyl (C=O) groups is 1. The summed E-state index contributed by atoms with van der Waals surface area (Å²) in [6.07, 6.45) is 0.873. The Morgan fingerprint density at radius 1 is 1.06 bits per heavy atom. The zero-order chi connectivity index (χ0) is 12.5. The number of hydrogen-bond acceptors (Lipinski definition) is 2. The van der Waals surface area contributed by atoms with Gasteiger partial charge in [0.15, 0.2) is 6.29 Å². The highest BCUT2D eigenvalue weighted by Gasteiger charge is 2.09. The molecule has 18 heavy (non-hydrogen) atoms. The largest absolute Gasteiger partial charge is 0.298 e. The van der Waals surface area contributed by atoms with Gasteiger partial charge in [-0.2, -0.15) is 0 Å². The van der Waals surface area contributed by atoms with Crippen LogP contribution < -0.4 is 0 Å². The molecule has 0 spiro atoms. The van der Waals surface area contributed by atoms with Gasteiger partial charge in [0.25, 0.3) is 0 Å². The molecule has 0 atom stereocenters. The predicted molar refractivity (Wildman–Crippen MR) is 77.7 cm³/mol. The number of fused-ring (bicyclic) bond motifs is 1. The van der Waals surface area contributed by atoms with Crippen molar-refractivity contribution in [3.63, 3.8) is 0 Å². The van der Waals surface area contributed by atoms with Crippen molar-refractivity contribution in [2.24, 2.45) is 0 Å². The van der Waals surface area contributed by atoms with Crippen molar-refractivity contribution in [2.75, 3.05) is 0 Å². The minimum absolute atomic E-state index is 0.643. The maximum absolute atomic E-state index is 11.1. The average Bonchev–Trinajstić information content (AvgIpc) is 2.86. The van der Waals surface area contributed by atoms with Gasteiger partial charge in [-0.05, 0) is 40.6 Å². The Morgan fingerprint density at radius 3 is 2.78 bits per heavy atom. The van der Waals surface area contributed by atoms with Crippen LogP contribution in [-0.4, -0.2) is 6.29 Å². The van der Waals surface area contributed by atoms with Crippen LogP contribution in [0, 0.1) is 0 Å². The zero-order valence-corrected chi connectivity index (χ0v) is 11.0. The van der Waals surface area contributed by atoms with E-state index in [4.69, 9.17) is 11.6 Å². The zero-order valence-electron chi connectivity index (χ0n) is 9.39. The molecule has 3 rings (SSSR count). The second kappa shape index (κ2) is 4.56. The molecule has 0 aliphatic rings. The standard InChI is InChI=1S/C15H9ClOS/c16-12-5-4-11(9-17)14(8-12)13-3-1-2-10-6-7-18-15(10)13/h1-9H. The van der Waals surface area contributed by atoms with Crippen molar-refractivity contribution in [2.45, 2.75) is 0 Å². The number of carbonyl (C=O) groups excluding carboxylic acids is 1. The smallest absolute Gasteiger partial charge is 0.150 e. The van der Waals surface area contributed by atoms with Crippen LogP contribution in [0.15, 0.2) is 47.8 Å². The van der Waals surface area contributed by atoms with Gasteiger partial charge >= 0.3 is 0 Å². The SMILES string of the molecule is O=Cc1ccc(Cl)cc1-c1cccc2ccsc12. The lowest BCUT2D eigenvalue weighted by molar-refractivity contribution is 0.112. The molecule has 0 aliphatic carbocycles. The van der Waals surface area contributed by atoms with Gasteiger partial charge in [0.1, 0.15) is 0 Å². The van der Waals surface area contributed by atoms with Crippen LogP contribution in [-0.2, 0) is 0 Å². The molecule has 1 nitrogen and oxygen atoms in total. The van der Waals surface area contributed by atoms with Gasteiger partial charge in [0, 0.05) is 20.8 Å². The topological polar surface area (TPSA) is 17.1 Å². The summed E-state index contributed by atoms with van der Waals surface area (Å²) >= 11 is 7.71. The third kappa shape index (κ3) is 1.84. The summed E-state index contributed by atoms with van der Waals surface area (Å²) in [7, 11) is 0. The first-order chi connectivity index (χ1) is 8.79. The van der Waals surface area contributed by atoms with Crippen LogP contribution in [0.1, 0.15) is 10.4 Å². The molecule has 0 radical (unpaired) electrons. The van der Waals surface area contributed by atoms with Crippen molar-refractivity contribution in [1.82, 2.24) is 0 Å². The third-order valence-corrected chi connectivity index (χ3v) is 4.11. The molecule has 0 unspecified atom stereocenters. The summed E-state index contributed by atoms with van der Waals surface area (Å²) < 4.78 is 1.18. The van der Waals surface area contributed by atoms with Crippen LogP contribution in [0.2, 0.25) is 5.02 Å². The Kier molecular flexibility index (Phi) is 2.90. The summed E-state index contributed by atoms with van der Waals surface area (Å²) in [4.78, 5) is 11.1. The summed E-state index contributed by atoms with van der Waals surface area (Å²) in [6, 6.07) is 13.5. The number of thiophene rings is 1. The van der Waals surface area contributed by atoms with Crippen LogP contribution in [0.25, 0.3) is 21.2 Å². The summed E-state index contributed by atoms with van der Waals surface area (Å²) in [6.45, 7) is 0. The molecule has 0 saturated carbocycles. The van der Waals surface area contributed by atoms with Gasteiger partial charge < -0.3 is 0 Å². The van der Waals surface area contributed by atoms with Crippen LogP contribution in [0.5, 0.6) is 0 Å². The minimum Gasteiger partial charge on any atom is -0.298 e. The monoisotopic (exact) mass is 272 g/mol. The second-order valence-corrected chi connectivity index (χ2v) is 5.35. The van der Waals surface area contributed by atoms with Crippen LogP contribution >= 0.6 is 22.9 Å². The Labute approximate surface area is 114 Å². The predicted octanol–water partition coefficient (Wildman–Crippen LogP) is 5.03. The average molecular weight is 273 g/mol. The van der Waals surface area contributed by atoms with Crippen LogP contribution in [0.4, 0.5) is 0 Å². The number of rotatable bonds is 2. The van der Waals surface area contributed by atoms with Gasteiger partial charge in [-0.1, -0.05) is 29.8 Å². The lowest BCUT2D eigenvalue weighted by Gasteiger charge is -2.07. The van der Waals surface area contributed by atoms with Gasteiger partial charge in [-0.25, -0.2) is 0 Å². The van der Waals surface area contributed by atoms with Crippen molar-refractivity contribution in [1.29, 1.82) is 0 Å². The van der Waals surface area contributed by atoms with E-state index in [1.165, 1.54) is 10.1 Å². The lowest BCUT2D eigenvalue weighted by Crippen LogP contribution is -1.87. The first-order valence-corrected chi connectivity index (χ1v) is 6.76. The van der Waals surface area contributed by atoms with Crippen molar-refractivity contribution < 1.29 is 4.79 Å². The van der Waals surface area contributed by atoms with E-state index in [1.54, 1.807) is 23.5 Å². The quantitative estimate of drug-likeness (QED) is 0.598. The van der Waals surface area contributed by atoms with Gasteiger partial charge in [-0.15, -0.1) is 11.3 Å². The number of aldehydes is 1. The molecule has 0 saturated heterocycles. The summed E-state index contributed by atoms with van der Waals surface area (Å²) in [5.74, 6) is 0. The number of halogens is 1.